The van der Waals surface area contributed by atoms with Crippen LogP contribution in [0.3, 0.4) is 0 Å². The van der Waals surface area contributed by atoms with Crippen LogP contribution in [0.5, 0.6) is 0 Å². The number of aromatic nitrogens is 1. The second-order valence-electron chi connectivity index (χ2n) is 4.37. The van der Waals surface area contributed by atoms with Gasteiger partial charge in [-0.3, -0.25) is 4.79 Å². The van der Waals surface area contributed by atoms with Gasteiger partial charge in [0.25, 0.3) is 0 Å². The lowest BCUT2D eigenvalue weighted by atomic mass is 10.1. The van der Waals surface area contributed by atoms with Crippen LogP contribution in [0, 0.1) is 13.8 Å². The fraction of sp³-hybridized carbons (Fsp3) is 0.214. The van der Waals surface area contributed by atoms with Crippen molar-refractivity contribution in [2.24, 2.45) is 0 Å². The van der Waals surface area contributed by atoms with Crippen molar-refractivity contribution < 1.29 is 0 Å². The summed E-state index contributed by atoms with van der Waals surface area (Å²) in [7, 11) is 0. The summed E-state index contributed by atoms with van der Waals surface area (Å²) in [6.07, 6.45) is 3.45. The Kier molecular flexibility index (Phi) is 3.00. The average Bonchev–Trinajstić information content (AvgIpc) is 2.29. The van der Waals surface area contributed by atoms with Crippen LogP contribution in [0.1, 0.15) is 16.7 Å². The number of nitrogens with two attached hydrogens (primary N) is 1. The molecule has 0 aliphatic rings. The smallest absolute Gasteiger partial charge is 0.204 e. The maximum Gasteiger partial charge on any atom is 0.204 e. The third-order valence-electron chi connectivity index (χ3n) is 2.86. The molecule has 0 unspecified atom stereocenters. The van der Waals surface area contributed by atoms with E-state index in [4.69, 9.17) is 5.73 Å². The molecule has 0 amide bonds. The van der Waals surface area contributed by atoms with Gasteiger partial charge in [0.05, 0.1) is 5.69 Å². The van der Waals surface area contributed by atoms with E-state index in [0.717, 1.165) is 6.54 Å². The van der Waals surface area contributed by atoms with Gasteiger partial charge in [-0.2, -0.15) is 0 Å². The first-order chi connectivity index (χ1) is 8.06. The molecular formula is C14H16N2O. The highest BCUT2D eigenvalue weighted by Gasteiger charge is 2.01. The molecule has 0 bridgehead atoms. The number of rotatable bonds is 2. The average molecular weight is 228 g/mol. The predicted octanol–water partition coefficient (Wildman–Crippen LogP) is 2.10. The van der Waals surface area contributed by atoms with E-state index in [1.807, 2.05) is 4.57 Å². The molecule has 0 aliphatic heterocycles. The van der Waals surface area contributed by atoms with Gasteiger partial charge in [0, 0.05) is 25.0 Å². The molecule has 0 aliphatic carbocycles. The third-order valence-corrected chi connectivity index (χ3v) is 2.86. The lowest BCUT2D eigenvalue weighted by Crippen LogP contribution is -2.11. The molecule has 2 aromatic rings. The molecule has 3 heteroatoms. The van der Waals surface area contributed by atoms with Crippen LogP contribution >= 0.6 is 0 Å². The minimum atomic E-state index is -0.123. The zero-order valence-corrected chi connectivity index (χ0v) is 10.1. The molecular weight excluding hydrogens is 212 g/mol. The number of hydrogen-bond donors (Lipinski definition) is 1. The van der Waals surface area contributed by atoms with Crippen molar-refractivity contribution in [1.82, 2.24) is 4.57 Å². The van der Waals surface area contributed by atoms with Crippen molar-refractivity contribution in [2.45, 2.75) is 20.4 Å². The summed E-state index contributed by atoms with van der Waals surface area (Å²) in [4.78, 5) is 11.2. The van der Waals surface area contributed by atoms with Crippen molar-refractivity contribution in [1.29, 1.82) is 0 Å². The van der Waals surface area contributed by atoms with Crippen molar-refractivity contribution in [2.75, 3.05) is 5.73 Å². The van der Waals surface area contributed by atoms with Gasteiger partial charge in [-0.15, -0.1) is 0 Å². The molecule has 2 rings (SSSR count). The van der Waals surface area contributed by atoms with Crippen LogP contribution in [-0.2, 0) is 6.54 Å². The summed E-state index contributed by atoms with van der Waals surface area (Å²) in [5.74, 6) is 0. The Labute approximate surface area is 101 Å². The maximum absolute atomic E-state index is 11.2. The van der Waals surface area contributed by atoms with Crippen molar-refractivity contribution >= 4 is 5.69 Å². The van der Waals surface area contributed by atoms with Crippen LogP contribution in [0.25, 0.3) is 0 Å². The lowest BCUT2D eigenvalue weighted by molar-refractivity contribution is 0.785. The predicted molar refractivity (Wildman–Crippen MR) is 70.1 cm³/mol. The first-order valence-corrected chi connectivity index (χ1v) is 5.58. The van der Waals surface area contributed by atoms with E-state index >= 15 is 0 Å². The molecule has 0 spiro atoms. The molecule has 17 heavy (non-hydrogen) atoms. The fourth-order valence-electron chi connectivity index (χ4n) is 1.81. The summed E-state index contributed by atoms with van der Waals surface area (Å²) in [5, 5.41) is 0. The SMILES string of the molecule is Cc1ccc(C)c(Cn2ccc(=O)c(N)c2)c1. The van der Waals surface area contributed by atoms with Gasteiger partial charge < -0.3 is 10.3 Å². The normalized spacial score (nSPS) is 10.5. The Hall–Kier alpha value is -2.03. The largest absolute Gasteiger partial charge is 0.394 e. The molecule has 0 fully saturated rings. The fourth-order valence-corrected chi connectivity index (χ4v) is 1.81. The number of anilines is 1. The molecule has 3 nitrogen and oxygen atoms in total. The maximum atomic E-state index is 11.2. The Morgan fingerprint density at radius 3 is 2.71 bits per heavy atom. The van der Waals surface area contributed by atoms with E-state index in [0.29, 0.717) is 0 Å². The molecule has 1 aromatic heterocycles. The van der Waals surface area contributed by atoms with E-state index in [1.54, 1.807) is 12.4 Å². The summed E-state index contributed by atoms with van der Waals surface area (Å²) in [5.41, 5.74) is 9.50. The number of nitrogens with zero attached hydrogens (tertiary/aromatic N) is 1. The van der Waals surface area contributed by atoms with Crippen LogP contribution < -0.4 is 11.2 Å². The summed E-state index contributed by atoms with van der Waals surface area (Å²) in [6.45, 7) is 4.89. The Morgan fingerprint density at radius 1 is 1.24 bits per heavy atom. The first-order valence-electron chi connectivity index (χ1n) is 5.58. The van der Waals surface area contributed by atoms with Crippen molar-refractivity contribution in [3.63, 3.8) is 0 Å². The lowest BCUT2D eigenvalue weighted by Gasteiger charge is -2.10. The van der Waals surface area contributed by atoms with Crippen molar-refractivity contribution in [3.05, 3.63) is 63.6 Å². The number of aryl methyl sites for hydroxylation is 2. The standard InChI is InChI=1S/C14H16N2O/c1-10-3-4-11(2)12(7-10)8-16-6-5-14(17)13(15)9-16/h3-7,9H,8,15H2,1-2H3. The van der Waals surface area contributed by atoms with Gasteiger partial charge in [0.1, 0.15) is 0 Å². The highest BCUT2D eigenvalue weighted by atomic mass is 16.1. The molecule has 0 radical (unpaired) electrons. The van der Waals surface area contributed by atoms with Crippen LogP contribution in [0.15, 0.2) is 41.5 Å². The van der Waals surface area contributed by atoms with E-state index in [-0.39, 0.29) is 11.1 Å². The Morgan fingerprint density at radius 2 is 2.00 bits per heavy atom. The second kappa shape index (κ2) is 4.45. The summed E-state index contributed by atoms with van der Waals surface area (Å²) >= 11 is 0. The van der Waals surface area contributed by atoms with E-state index in [9.17, 15) is 4.79 Å². The van der Waals surface area contributed by atoms with Gasteiger partial charge in [-0.1, -0.05) is 23.8 Å². The topological polar surface area (TPSA) is 48.0 Å². The van der Waals surface area contributed by atoms with Crippen LogP contribution in [-0.4, -0.2) is 4.57 Å². The molecule has 0 saturated heterocycles. The monoisotopic (exact) mass is 228 g/mol. The molecule has 0 atom stereocenters. The number of nitrogen functional groups attached to an aromatic ring is 1. The molecule has 88 valence electrons. The quantitative estimate of drug-likeness (QED) is 0.855. The van der Waals surface area contributed by atoms with E-state index in [2.05, 4.69) is 32.0 Å². The summed E-state index contributed by atoms with van der Waals surface area (Å²) < 4.78 is 1.93. The minimum absolute atomic E-state index is 0.123. The minimum Gasteiger partial charge on any atom is -0.394 e. The second-order valence-corrected chi connectivity index (χ2v) is 4.37. The van der Waals surface area contributed by atoms with Gasteiger partial charge in [0.2, 0.25) is 5.43 Å². The van der Waals surface area contributed by atoms with Gasteiger partial charge in [0.15, 0.2) is 0 Å². The molecule has 1 aromatic carbocycles. The molecule has 0 saturated carbocycles. The zero-order valence-electron chi connectivity index (χ0n) is 10.1. The van der Waals surface area contributed by atoms with Crippen LogP contribution in [0.4, 0.5) is 5.69 Å². The van der Waals surface area contributed by atoms with Crippen LogP contribution in [0.2, 0.25) is 0 Å². The molecule has 1 heterocycles. The number of hydrogen-bond acceptors (Lipinski definition) is 2. The highest BCUT2D eigenvalue weighted by Crippen LogP contribution is 2.12. The van der Waals surface area contributed by atoms with Crippen molar-refractivity contribution in [3.8, 4) is 0 Å². The Balaban J connectivity index is 2.34. The third kappa shape index (κ3) is 2.56. The van der Waals surface area contributed by atoms with E-state index in [1.165, 1.54) is 22.8 Å². The Bertz CT molecular complexity index is 599. The van der Waals surface area contributed by atoms with E-state index < -0.39 is 0 Å². The highest BCUT2D eigenvalue weighted by molar-refractivity contribution is 5.35. The zero-order chi connectivity index (χ0) is 12.4. The summed E-state index contributed by atoms with van der Waals surface area (Å²) in [6, 6.07) is 7.86. The first kappa shape index (κ1) is 11.5. The van der Waals surface area contributed by atoms with Gasteiger partial charge >= 0.3 is 0 Å². The molecule has 2 N–H and O–H groups in total. The number of pyridine rings is 1. The van der Waals surface area contributed by atoms with Gasteiger partial charge in [-0.05, 0) is 25.0 Å². The number of benzene rings is 1. The van der Waals surface area contributed by atoms with Gasteiger partial charge in [-0.25, -0.2) is 0 Å².